The number of aromatic nitrogens is 2. The molecule has 1 aromatic heterocycles. The number of aryl methyl sites for hydroxylation is 2. The van der Waals surface area contributed by atoms with E-state index in [4.69, 9.17) is 0 Å². The largest absolute Gasteiger partial charge is 0.394 e. The van der Waals surface area contributed by atoms with Gasteiger partial charge in [0.05, 0.1) is 18.3 Å². The Morgan fingerprint density at radius 2 is 1.92 bits per heavy atom. The Hall–Kier alpha value is -2.14. The smallest absolute Gasteiger partial charge is 0.270 e. The lowest BCUT2D eigenvalue weighted by Crippen LogP contribution is -2.32. The first-order chi connectivity index (χ1) is 11.3. The molecule has 5 nitrogen and oxygen atoms in total. The highest BCUT2D eigenvalue weighted by Crippen LogP contribution is 2.24. The van der Waals surface area contributed by atoms with Gasteiger partial charge < -0.3 is 10.4 Å². The maximum absolute atomic E-state index is 12.5. The van der Waals surface area contributed by atoms with Crippen molar-refractivity contribution in [3.05, 3.63) is 52.8 Å². The minimum Gasteiger partial charge on any atom is -0.394 e. The predicted octanol–water partition coefficient (Wildman–Crippen LogP) is 2.74. The normalized spacial score (nSPS) is 12.9. The van der Waals surface area contributed by atoms with Gasteiger partial charge in [0.1, 0.15) is 5.69 Å². The fourth-order valence-corrected chi connectivity index (χ4v) is 2.59. The lowest BCUT2D eigenvalue weighted by Gasteiger charge is -2.21. The molecule has 0 saturated heterocycles. The van der Waals surface area contributed by atoms with Crippen LogP contribution < -0.4 is 5.32 Å². The van der Waals surface area contributed by atoms with E-state index in [-0.39, 0.29) is 17.9 Å². The van der Waals surface area contributed by atoms with Gasteiger partial charge in [-0.1, -0.05) is 52.0 Å². The van der Waals surface area contributed by atoms with E-state index in [0.717, 1.165) is 17.7 Å². The molecule has 1 aromatic carbocycles. The fourth-order valence-electron chi connectivity index (χ4n) is 2.59. The van der Waals surface area contributed by atoms with Gasteiger partial charge in [0, 0.05) is 7.05 Å². The summed E-state index contributed by atoms with van der Waals surface area (Å²) in [6.45, 7) is 8.31. The van der Waals surface area contributed by atoms with Crippen LogP contribution >= 0.6 is 0 Å². The Morgan fingerprint density at radius 3 is 2.38 bits per heavy atom. The number of benzene rings is 1. The molecule has 0 spiro atoms. The Balaban J connectivity index is 2.16. The molecular formula is C19H27N3O2. The molecule has 5 heteroatoms. The molecule has 1 heterocycles. The molecule has 2 aromatic rings. The van der Waals surface area contributed by atoms with Gasteiger partial charge in [0.25, 0.3) is 5.91 Å². The number of carbonyl (C=O) groups excluding carboxylic acids is 1. The van der Waals surface area contributed by atoms with Gasteiger partial charge in [-0.3, -0.25) is 9.48 Å². The second-order valence-corrected chi connectivity index (χ2v) is 7.08. The van der Waals surface area contributed by atoms with E-state index in [1.165, 1.54) is 5.56 Å². The van der Waals surface area contributed by atoms with E-state index in [1.54, 1.807) is 17.8 Å². The summed E-state index contributed by atoms with van der Waals surface area (Å²) in [6.07, 6.45) is 0.777. The molecule has 0 saturated carbocycles. The monoisotopic (exact) mass is 329 g/mol. The third-order valence-electron chi connectivity index (χ3n) is 4.19. The van der Waals surface area contributed by atoms with Crippen LogP contribution in [0.4, 0.5) is 0 Å². The quantitative estimate of drug-likeness (QED) is 0.886. The number of aliphatic hydroxyl groups excluding tert-OH is 1. The van der Waals surface area contributed by atoms with E-state index in [1.807, 2.05) is 31.2 Å². The van der Waals surface area contributed by atoms with Crippen molar-refractivity contribution in [2.75, 3.05) is 6.61 Å². The summed E-state index contributed by atoms with van der Waals surface area (Å²) in [7, 11) is 1.75. The molecule has 0 fully saturated rings. The third-order valence-corrected chi connectivity index (χ3v) is 4.19. The lowest BCUT2D eigenvalue weighted by atomic mass is 9.86. The van der Waals surface area contributed by atoms with Crippen molar-refractivity contribution in [1.29, 1.82) is 0 Å². The van der Waals surface area contributed by atoms with Crippen LogP contribution in [0, 0.1) is 0 Å². The Bertz CT molecular complexity index is 696. The first kappa shape index (κ1) is 18.2. The van der Waals surface area contributed by atoms with E-state index < -0.39 is 6.04 Å². The van der Waals surface area contributed by atoms with Crippen LogP contribution in [0.25, 0.3) is 0 Å². The molecule has 2 rings (SSSR count). The molecular weight excluding hydrogens is 302 g/mol. The number of aliphatic hydroxyl groups is 1. The molecule has 1 atom stereocenters. The maximum atomic E-state index is 12.5. The number of rotatable bonds is 5. The summed E-state index contributed by atoms with van der Waals surface area (Å²) in [5.74, 6) is -0.233. The molecule has 1 amide bonds. The van der Waals surface area contributed by atoms with E-state index >= 15 is 0 Å². The minimum absolute atomic E-state index is 0.0712. The molecule has 0 bridgehead atoms. The number of nitrogens with one attached hydrogen (secondary N) is 1. The first-order valence-corrected chi connectivity index (χ1v) is 8.31. The van der Waals surface area contributed by atoms with Crippen molar-refractivity contribution in [3.63, 3.8) is 0 Å². The third kappa shape index (κ3) is 4.03. The second-order valence-electron chi connectivity index (χ2n) is 7.08. The molecule has 1 unspecified atom stereocenters. The molecule has 24 heavy (non-hydrogen) atoms. The summed E-state index contributed by atoms with van der Waals surface area (Å²) >= 11 is 0. The van der Waals surface area contributed by atoms with Crippen molar-refractivity contribution < 1.29 is 9.90 Å². The zero-order chi connectivity index (χ0) is 17.9. The second kappa shape index (κ2) is 7.18. The van der Waals surface area contributed by atoms with Crippen LogP contribution in [-0.4, -0.2) is 27.4 Å². The van der Waals surface area contributed by atoms with E-state index in [0.29, 0.717) is 5.69 Å². The molecule has 130 valence electrons. The molecule has 0 aliphatic carbocycles. The van der Waals surface area contributed by atoms with Crippen molar-refractivity contribution >= 4 is 5.91 Å². The van der Waals surface area contributed by atoms with Crippen molar-refractivity contribution in [2.24, 2.45) is 7.05 Å². The van der Waals surface area contributed by atoms with Gasteiger partial charge in [-0.25, -0.2) is 0 Å². The molecule has 0 aliphatic heterocycles. The van der Waals surface area contributed by atoms with Crippen LogP contribution in [-0.2, 0) is 18.9 Å². The highest BCUT2D eigenvalue weighted by atomic mass is 16.3. The van der Waals surface area contributed by atoms with Crippen LogP contribution in [0.5, 0.6) is 0 Å². The predicted molar refractivity (Wildman–Crippen MR) is 95.0 cm³/mol. The highest BCUT2D eigenvalue weighted by molar-refractivity contribution is 5.93. The van der Waals surface area contributed by atoms with Gasteiger partial charge in [0.2, 0.25) is 0 Å². The average Bonchev–Trinajstić information content (AvgIpc) is 2.93. The maximum Gasteiger partial charge on any atom is 0.270 e. The Kier molecular flexibility index (Phi) is 5.44. The number of carbonyl (C=O) groups is 1. The van der Waals surface area contributed by atoms with Crippen LogP contribution in [0.3, 0.4) is 0 Å². The summed E-state index contributed by atoms with van der Waals surface area (Å²) in [5, 5.41) is 16.9. The topological polar surface area (TPSA) is 67.2 Å². The van der Waals surface area contributed by atoms with Gasteiger partial charge in [0.15, 0.2) is 0 Å². The average molecular weight is 329 g/mol. The van der Waals surface area contributed by atoms with Crippen molar-refractivity contribution in [3.8, 4) is 0 Å². The van der Waals surface area contributed by atoms with Crippen LogP contribution in [0.2, 0.25) is 0 Å². The van der Waals surface area contributed by atoms with Gasteiger partial charge in [-0.15, -0.1) is 0 Å². The number of hydrogen-bond donors (Lipinski definition) is 2. The summed E-state index contributed by atoms with van der Waals surface area (Å²) in [4.78, 5) is 12.5. The van der Waals surface area contributed by atoms with Crippen molar-refractivity contribution in [2.45, 2.75) is 45.6 Å². The van der Waals surface area contributed by atoms with E-state index in [2.05, 4.69) is 31.2 Å². The highest BCUT2D eigenvalue weighted by Gasteiger charge is 2.19. The molecule has 2 N–H and O–H groups in total. The van der Waals surface area contributed by atoms with Gasteiger partial charge >= 0.3 is 0 Å². The SMILES string of the molecule is CCc1cc(C(=O)NC(CO)c2ccc(C(C)(C)C)cc2)n(C)n1. The Labute approximate surface area is 143 Å². The van der Waals surface area contributed by atoms with E-state index in [9.17, 15) is 9.90 Å². The number of hydrogen-bond acceptors (Lipinski definition) is 3. The van der Waals surface area contributed by atoms with Crippen LogP contribution in [0.1, 0.15) is 61.0 Å². The summed E-state index contributed by atoms with van der Waals surface area (Å²) < 4.78 is 1.57. The molecule has 0 radical (unpaired) electrons. The fraction of sp³-hybridized carbons (Fsp3) is 0.474. The summed E-state index contributed by atoms with van der Waals surface area (Å²) in [5.41, 5.74) is 3.54. The molecule has 0 aliphatic rings. The standard InChI is InChI=1S/C19H27N3O2/c1-6-15-11-17(22(5)21-15)18(24)20-16(12-23)13-7-9-14(10-8-13)19(2,3)4/h7-11,16,23H,6,12H2,1-5H3,(H,20,24). The minimum atomic E-state index is -0.438. The van der Waals surface area contributed by atoms with Crippen molar-refractivity contribution in [1.82, 2.24) is 15.1 Å². The Morgan fingerprint density at radius 1 is 1.29 bits per heavy atom. The summed E-state index contributed by atoms with van der Waals surface area (Å²) in [6, 6.07) is 9.36. The zero-order valence-electron chi connectivity index (χ0n) is 15.1. The lowest BCUT2D eigenvalue weighted by molar-refractivity contribution is 0.0906. The first-order valence-electron chi connectivity index (χ1n) is 8.31. The van der Waals surface area contributed by atoms with Gasteiger partial charge in [-0.2, -0.15) is 5.10 Å². The van der Waals surface area contributed by atoms with Crippen LogP contribution in [0.15, 0.2) is 30.3 Å². The number of amides is 1. The van der Waals surface area contributed by atoms with Gasteiger partial charge in [-0.05, 0) is 29.0 Å². The zero-order valence-corrected chi connectivity index (χ0v) is 15.1. The number of nitrogens with zero attached hydrogens (tertiary/aromatic N) is 2.